The van der Waals surface area contributed by atoms with Crippen LogP contribution in [0.5, 0.6) is 0 Å². The number of carbonyl (C=O) groups is 1. The van der Waals surface area contributed by atoms with Crippen molar-refractivity contribution in [2.45, 2.75) is 0 Å². The van der Waals surface area contributed by atoms with E-state index in [0.29, 0.717) is 16.8 Å². The van der Waals surface area contributed by atoms with Crippen molar-refractivity contribution in [2.24, 2.45) is 0 Å². The lowest BCUT2D eigenvalue weighted by atomic mass is 9.98. The third-order valence-electron chi connectivity index (χ3n) is 4.21. The SMILES string of the molecule is O=C(Nc1cccc2cccnc12)c1c(F)cccc1-c1ccccc1. The van der Waals surface area contributed by atoms with E-state index in [2.05, 4.69) is 10.3 Å². The average Bonchev–Trinajstić information content (AvgIpc) is 2.68. The highest BCUT2D eigenvalue weighted by Crippen LogP contribution is 2.28. The van der Waals surface area contributed by atoms with Gasteiger partial charge in [0.15, 0.2) is 0 Å². The molecule has 0 aliphatic carbocycles. The summed E-state index contributed by atoms with van der Waals surface area (Å²) in [6.07, 6.45) is 1.66. The molecule has 0 saturated heterocycles. The molecule has 126 valence electrons. The maximum absolute atomic E-state index is 14.5. The summed E-state index contributed by atoms with van der Waals surface area (Å²) in [6.45, 7) is 0. The van der Waals surface area contributed by atoms with E-state index in [9.17, 15) is 9.18 Å². The summed E-state index contributed by atoms with van der Waals surface area (Å²) in [5.41, 5.74) is 2.58. The van der Waals surface area contributed by atoms with Crippen LogP contribution in [0.15, 0.2) is 85.1 Å². The van der Waals surface area contributed by atoms with Crippen LogP contribution in [-0.4, -0.2) is 10.9 Å². The standard InChI is InChI=1S/C22H15FN2O/c23-18-12-5-11-17(15-7-2-1-3-8-15)20(18)22(26)25-19-13-4-9-16-10-6-14-24-21(16)19/h1-14H,(H,25,26). The molecule has 0 radical (unpaired) electrons. The van der Waals surface area contributed by atoms with Crippen LogP contribution in [0, 0.1) is 5.82 Å². The first-order valence-corrected chi connectivity index (χ1v) is 8.23. The highest BCUT2D eigenvalue weighted by molar-refractivity contribution is 6.11. The Balaban J connectivity index is 1.78. The minimum absolute atomic E-state index is 0.0200. The molecule has 4 aromatic rings. The number of carbonyl (C=O) groups excluding carboxylic acids is 1. The van der Waals surface area contributed by atoms with Crippen molar-refractivity contribution in [3.8, 4) is 11.1 Å². The molecule has 1 N–H and O–H groups in total. The van der Waals surface area contributed by atoms with E-state index in [1.807, 2.05) is 54.6 Å². The third kappa shape index (κ3) is 2.93. The molecule has 4 heteroatoms. The fourth-order valence-corrected chi connectivity index (χ4v) is 3.00. The quantitative estimate of drug-likeness (QED) is 0.549. The summed E-state index contributed by atoms with van der Waals surface area (Å²) in [5, 5.41) is 3.72. The van der Waals surface area contributed by atoms with Gasteiger partial charge < -0.3 is 5.32 Å². The van der Waals surface area contributed by atoms with Crippen molar-refractivity contribution in [2.75, 3.05) is 5.32 Å². The molecule has 0 atom stereocenters. The predicted molar refractivity (Wildman–Crippen MR) is 102 cm³/mol. The second-order valence-electron chi connectivity index (χ2n) is 5.86. The highest BCUT2D eigenvalue weighted by Gasteiger charge is 2.18. The lowest BCUT2D eigenvalue weighted by Gasteiger charge is -2.12. The zero-order chi connectivity index (χ0) is 17.9. The van der Waals surface area contributed by atoms with E-state index in [0.717, 1.165) is 10.9 Å². The molecule has 0 saturated carbocycles. The minimum Gasteiger partial charge on any atom is -0.320 e. The van der Waals surface area contributed by atoms with E-state index < -0.39 is 11.7 Å². The molecule has 0 aliphatic heterocycles. The number of nitrogens with zero attached hydrogens (tertiary/aromatic N) is 1. The van der Waals surface area contributed by atoms with Crippen molar-refractivity contribution in [1.82, 2.24) is 4.98 Å². The number of anilines is 1. The van der Waals surface area contributed by atoms with E-state index in [-0.39, 0.29) is 5.56 Å². The molecule has 1 heterocycles. The lowest BCUT2D eigenvalue weighted by Crippen LogP contribution is -2.15. The number of benzene rings is 3. The van der Waals surface area contributed by atoms with Crippen LogP contribution in [0.1, 0.15) is 10.4 Å². The molecule has 1 amide bonds. The van der Waals surface area contributed by atoms with Gasteiger partial charge in [-0.1, -0.05) is 60.7 Å². The van der Waals surface area contributed by atoms with Crippen LogP contribution in [0.2, 0.25) is 0 Å². The molecule has 0 unspecified atom stereocenters. The smallest absolute Gasteiger partial charge is 0.259 e. The number of nitrogens with one attached hydrogen (secondary N) is 1. The van der Waals surface area contributed by atoms with Gasteiger partial charge >= 0.3 is 0 Å². The van der Waals surface area contributed by atoms with Crippen molar-refractivity contribution >= 4 is 22.5 Å². The maximum atomic E-state index is 14.5. The molecular formula is C22H15FN2O. The van der Waals surface area contributed by atoms with E-state index in [4.69, 9.17) is 0 Å². The molecular weight excluding hydrogens is 327 g/mol. The fraction of sp³-hybridized carbons (Fsp3) is 0. The lowest BCUT2D eigenvalue weighted by molar-refractivity contribution is 0.102. The Morgan fingerprint density at radius 1 is 0.846 bits per heavy atom. The summed E-state index contributed by atoms with van der Waals surface area (Å²) in [7, 11) is 0. The van der Waals surface area contributed by atoms with Crippen LogP contribution in [0.3, 0.4) is 0 Å². The van der Waals surface area contributed by atoms with Crippen molar-refractivity contribution < 1.29 is 9.18 Å². The molecule has 1 aromatic heterocycles. The third-order valence-corrected chi connectivity index (χ3v) is 4.21. The zero-order valence-electron chi connectivity index (χ0n) is 13.8. The number of hydrogen-bond acceptors (Lipinski definition) is 2. The Morgan fingerprint density at radius 2 is 1.62 bits per heavy atom. The van der Waals surface area contributed by atoms with Crippen LogP contribution >= 0.6 is 0 Å². The summed E-state index contributed by atoms with van der Waals surface area (Å²) in [4.78, 5) is 17.2. The second kappa shape index (κ2) is 6.76. The molecule has 3 nitrogen and oxygen atoms in total. The number of halogens is 1. The Labute approximate surface area is 150 Å². The summed E-state index contributed by atoms with van der Waals surface area (Å²) >= 11 is 0. The van der Waals surface area contributed by atoms with Crippen LogP contribution in [0.4, 0.5) is 10.1 Å². The molecule has 0 spiro atoms. The Hall–Kier alpha value is -3.53. The highest BCUT2D eigenvalue weighted by atomic mass is 19.1. The first-order chi connectivity index (χ1) is 12.7. The van der Waals surface area contributed by atoms with Gasteiger partial charge in [0.2, 0.25) is 0 Å². The van der Waals surface area contributed by atoms with Gasteiger partial charge in [-0.2, -0.15) is 0 Å². The number of fused-ring (bicyclic) bond motifs is 1. The largest absolute Gasteiger partial charge is 0.320 e. The molecule has 4 rings (SSSR count). The topological polar surface area (TPSA) is 42.0 Å². The van der Waals surface area contributed by atoms with Gasteiger partial charge in [-0.05, 0) is 29.3 Å². The fourth-order valence-electron chi connectivity index (χ4n) is 3.00. The monoisotopic (exact) mass is 342 g/mol. The molecule has 3 aromatic carbocycles. The zero-order valence-corrected chi connectivity index (χ0v) is 13.8. The van der Waals surface area contributed by atoms with Crippen LogP contribution in [-0.2, 0) is 0 Å². The van der Waals surface area contributed by atoms with Gasteiger partial charge in [0.05, 0.1) is 16.8 Å². The van der Waals surface area contributed by atoms with Gasteiger partial charge in [0.1, 0.15) is 5.82 Å². The summed E-state index contributed by atoms with van der Waals surface area (Å²) < 4.78 is 14.5. The van der Waals surface area contributed by atoms with Gasteiger partial charge in [-0.25, -0.2) is 4.39 Å². The van der Waals surface area contributed by atoms with Gasteiger partial charge in [-0.3, -0.25) is 9.78 Å². The van der Waals surface area contributed by atoms with Crippen molar-refractivity contribution in [3.05, 3.63) is 96.4 Å². The Morgan fingerprint density at radius 3 is 2.46 bits per heavy atom. The van der Waals surface area contributed by atoms with Crippen LogP contribution in [0.25, 0.3) is 22.0 Å². The van der Waals surface area contributed by atoms with Crippen molar-refractivity contribution in [1.29, 1.82) is 0 Å². The second-order valence-corrected chi connectivity index (χ2v) is 5.86. The Bertz CT molecular complexity index is 1090. The normalized spacial score (nSPS) is 10.7. The van der Waals surface area contributed by atoms with Gasteiger partial charge in [0, 0.05) is 11.6 Å². The number of pyridine rings is 1. The van der Waals surface area contributed by atoms with Gasteiger partial charge in [0.25, 0.3) is 5.91 Å². The summed E-state index contributed by atoms with van der Waals surface area (Å²) in [6, 6.07) is 23.2. The summed E-state index contributed by atoms with van der Waals surface area (Å²) in [5.74, 6) is -1.06. The number of amides is 1. The van der Waals surface area contributed by atoms with E-state index >= 15 is 0 Å². The first-order valence-electron chi connectivity index (χ1n) is 8.23. The number of para-hydroxylation sites is 1. The molecule has 0 fully saturated rings. The first kappa shape index (κ1) is 16.0. The molecule has 26 heavy (non-hydrogen) atoms. The number of aromatic nitrogens is 1. The minimum atomic E-state index is -0.558. The van der Waals surface area contributed by atoms with Gasteiger partial charge in [-0.15, -0.1) is 0 Å². The van der Waals surface area contributed by atoms with E-state index in [1.54, 1.807) is 24.4 Å². The number of hydrogen-bond donors (Lipinski definition) is 1. The van der Waals surface area contributed by atoms with Crippen molar-refractivity contribution in [3.63, 3.8) is 0 Å². The van der Waals surface area contributed by atoms with E-state index in [1.165, 1.54) is 6.07 Å². The average molecular weight is 342 g/mol. The number of rotatable bonds is 3. The van der Waals surface area contributed by atoms with Crippen LogP contribution < -0.4 is 5.32 Å². The predicted octanol–water partition coefficient (Wildman–Crippen LogP) is 5.29. The Kier molecular flexibility index (Phi) is 4.15. The molecule has 0 bridgehead atoms. The maximum Gasteiger partial charge on any atom is 0.259 e. The molecule has 0 aliphatic rings.